The number of ketones is 1. The van der Waals surface area contributed by atoms with Gasteiger partial charge in [0.15, 0.2) is 5.71 Å². The lowest BCUT2D eigenvalue weighted by molar-refractivity contribution is 0.106. The number of aliphatic hydroxyl groups is 1. The number of allylic oxidation sites excluding steroid dienone is 1. The van der Waals surface area contributed by atoms with Crippen molar-refractivity contribution in [3.63, 3.8) is 0 Å². The lowest BCUT2D eigenvalue weighted by Crippen LogP contribution is -2.27. The molecule has 0 radical (unpaired) electrons. The summed E-state index contributed by atoms with van der Waals surface area (Å²) in [5.41, 5.74) is 1.41. The van der Waals surface area contributed by atoms with E-state index in [4.69, 9.17) is 19.3 Å². The van der Waals surface area contributed by atoms with Gasteiger partial charge in [-0.25, -0.2) is 0 Å². The van der Waals surface area contributed by atoms with E-state index in [2.05, 4.69) is 20.8 Å². The Balaban J connectivity index is 1.70. The van der Waals surface area contributed by atoms with Crippen LogP contribution in [0.2, 0.25) is 0 Å². The van der Waals surface area contributed by atoms with Gasteiger partial charge >= 0.3 is 0 Å². The molecule has 0 fully saturated rings. The first-order valence-electron chi connectivity index (χ1n) is 12.2. The quantitative estimate of drug-likeness (QED) is 0.114. The first-order chi connectivity index (χ1) is 20.8. The number of hydrogen-bond acceptors (Lipinski definition) is 14. The normalized spacial score (nSPS) is 14.3. The van der Waals surface area contributed by atoms with Crippen LogP contribution in [-0.4, -0.2) is 75.1 Å². The van der Waals surface area contributed by atoms with Crippen LogP contribution in [0.3, 0.4) is 0 Å². The zero-order valence-electron chi connectivity index (χ0n) is 22.8. The van der Waals surface area contributed by atoms with Crippen LogP contribution < -0.4 is 19.6 Å². The van der Waals surface area contributed by atoms with Crippen LogP contribution in [0.25, 0.3) is 6.08 Å². The number of nitrogens with one attached hydrogen (secondary N) is 1. The van der Waals surface area contributed by atoms with Gasteiger partial charge in [0.25, 0.3) is 20.2 Å². The van der Waals surface area contributed by atoms with E-state index in [0.29, 0.717) is 23.6 Å². The van der Waals surface area contributed by atoms with E-state index in [9.17, 15) is 35.8 Å². The molecular formula is C26H24N4O12S2. The Labute approximate surface area is 250 Å². The number of methoxy groups -OCH3 is 2. The maximum Gasteiger partial charge on any atom is 0.296 e. The van der Waals surface area contributed by atoms with Gasteiger partial charge in [0, 0.05) is 18.2 Å². The van der Waals surface area contributed by atoms with Gasteiger partial charge in [0.05, 0.1) is 37.0 Å². The Morgan fingerprint density at radius 2 is 1.57 bits per heavy atom. The van der Waals surface area contributed by atoms with Gasteiger partial charge in [-0.2, -0.15) is 27.1 Å². The number of hydrogen-bond donors (Lipinski definition) is 5. The number of phenols is 1. The van der Waals surface area contributed by atoms with E-state index in [1.54, 1.807) is 24.3 Å². The fourth-order valence-corrected chi connectivity index (χ4v) is 5.12. The predicted molar refractivity (Wildman–Crippen MR) is 156 cm³/mol. The minimum atomic E-state index is -5.12. The zero-order chi connectivity index (χ0) is 32.2. The Hall–Kier alpha value is -4.88. The standard InChI is InChI=1S/C26H24N4O12S2/c1-40-21-13-19(22(41-2)12-18(21)28-27-15-3-5-16(6-4-15)42-8-7-31)29-30-25-23(44(37,38)39)10-14-9-17(43(34,35)36)11-20(32)24(14)26(25)33/h3-6,9-13,29,31-32H,7-8H2,1-2H3,(H,34,35,36)(H,37,38,39)/b28-27+,30-25-. The lowest BCUT2D eigenvalue weighted by Gasteiger charge is -2.18. The van der Waals surface area contributed by atoms with Crippen molar-refractivity contribution in [2.75, 3.05) is 32.9 Å². The first-order valence-corrected chi connectivity index (χ1v) is 15.1. The number of aromatic hydroxyl groups is 1. The number of ether oxygens (including phenoxy) is 3. The molecule has 16 nitrogen and oxygen atoms in total. The third-order valence-corrected chi connectivity index (χ3v) is 7.62. The molecule has 232 valence electrons. The highest BCUT2D eigenvalue weighted by Gasteiger charge is 2.35. The molecular weight excluding hydrogens is 624 g/mol. The summed E-state index contributed by atoms with van der Waals surface area (Å²) in [5.74, 6) is -1.30. The highest BCUT2D eigenvalue weighted by atomic mass is 32.2. The smallest absolute Gasteiger partial charge is 0.296 e. The molecule has 0 saturated carbocycles. The third-order valence-electron chi connectivity index (χ3n) is 5.92. The van der Waals surface area contributed by atoms with Gasteiger partial charge in [0.2, 0.25) is 5.78 Å². The van der Waals surface area contributed by atoms with Gasteiger partial charge < -0.3 is 24.4 Å². The Bertz CT molecular complexity index is 1920. The molecule has 1 aliphatic rings. The molecule has 3 aromatic rings. The fourth-order valence-electron chi connectivity index (χ4n) is 3.92. The van der Waals surface area contributed by atoms with Gasteiger partial charge in [-0.1, -0.05) is 0 Å². The summed E-state index contributed by atoms with van der Waals surface area (Å²) in [6, 6.07) is 10.7. The van der Waals surface area contributed by atoms with E-state index < -0.39 is 58.4 Å². The molecule has 0 saturated heterocycles. The molecule has 18 heteroatoms. The van der Waals surface area contributed by atoms with Crippen molar-refractivity contribution in [1.82, 2.24) is 0 Å². The number of rotatable bonds is 11. The minimum Gasteiger partial charge on any atom is -0.507 e. The van der Waals surface area contributed by atoms with Crippen molar-refractivity contribution >= 4 is 54.9 Å². The number of Topliss-reactive ketones (excluding diaryl/α,β-unsaturated/α-hetero) is 1. The molecule has 0 atom stereocenters. The maximum absolute atomic E-state index is 13.2. The minimum absolute atomic E-state index is 0.0559. The fraction of sp³-hybridized carbons (Fsp3) is 0.154. The second-order valence-corrected chi connectivity index (χ2v) is 11.6. The lowest BCUT2D eigenvalue weighted by atomic mass is 9.94. The number of carbonyl (C=O) groups is 1. The van der Waals surface area contributed by atoms with E-state index in [0.717, 1.165) is 6.07 Å². The highest BCUT2D eigenvalue weighted by molar-refractivity contribution is 7.91. The van der Waals surface area contributed by atoms with Crippen LogP contribution in [0.4, 0.5) is 17.1 Å². The van der Waals surface area contributed by atoms with Crippen molar-refractivity contribution < 1.29 is 55.2 Å². The number of fused-ring (bicyclic) bond motifs is 1. The molecule has 0 heterocycles. The molecule has 5 N–H and O–H groups in total. The molecule has 44 heavy (non-hydrogen) atoms. The van der Waals surface area contributed by atoms with E-state index in [1.807, 2.05) is 0 Å². The van der Waals surface area contributed by atoms with Gasteiger partial charge in [-0.05, 0) is 42.0 Å². The SMILES string of the molecule is COc1cc(N/N=C2\C(=O)c3c(O)cc(S(=O)(=O)O)cc3C=C2S(=O)(=O)O)c(OC)cc1/N=N/c1ccc(OCCO)cc1. The molecule has 4 rings (SSSR count). The zero-order valence-corrected chi connectivity index (χ0v) is 24.5. The van der Waals surface area contributed by atoms with Crippen LogP contribution in [0.1, 0.15) is 15.9 Å². The average Bonchev–Trinajstić information content (AvgIpc) is 2.97. The second-order valence-electron chi connectivity index (χ2n) is 8.76. The molecule has 3 aromatic carbocycles. The number of carbonyl (C=O) groups excluding carboxylic acids is 1. The molecule has 0 unspecified atom stereocenters. The summed E-state index contributed by atoms with van der Waals surface area (Å²) in [5, 5.41) is 31.4. The van der Waals surface area contributed by atoms with Crippen LogP contribution in [0.15, 0.2) is 73.7 Å². The van der Waals surface area contributed by atoms with Crippen LogP contribution >= 0.6 is 0 Å². The summed E-state index contributed by atoms with van der Waals surface area (Å²) >= 11 is 0. The number of azo groups is 1. The Morgan fingerprint density at radius 1 is 0.886 bits per heavy atom. The highest BCUT2D eigenvalue weighted by Crippen LogP contribution is 2.40. The van der Waals surface area contributed by atoms with Crippen LogP contribution in [0.5, 0.6) is 23.0 Å². The average molecular weight is 649 g/mol. The predicted octanol–water partition coefficient (Wildman–Crippen LogP) is 3.34. The number of aliphatic hydroxyl groups excluding tert-OH is 1. The Kier molecular flexibility index (Phi) is 9.30. The molecule has 0 aromatic heterocycles. The van der Waals surface area contributed by atoms with Gasteiger partial charge in [0.1, 0.15) is 45.9 Å². The van der Waals surface area contributed by atoms with Crippen LogP contribution in [-0.2, 0) is 20.2 Å². The van der Waals surface area contributed by atoms with E-state index in [1.165, 1.54) is 26.4 Å². The maximum atomic E-state index is 13.2. The number of phenolic OH excluding ortho intramolecular Hbond substituents is 1. The summed E-state index contributed by atoms with van der Waals surface area (Å²) in [4.78, 5) is 11.4. The molecule has 0 aliphatic heterocycles. The number of anilines is 1. The van der Waals surface area contributed by atoms with Crippen molar-refractivity contribution in [2.24, 2.45) is 15.3 Å². The molecule has 0 spiro atoms. The Morgan fingerprint density at radius 3 is 2.16 bits per heavy atom. The molecule has 0 amide bonds. The third kappa shape index (κ3) is 7.01. The topological polar surface area (TPSA) is 243 Å². The summed E-state index contributed by atoms with van der Waals surface area (Å²) in [6.07, 6.45) is 0.716. The van der Waals surface area contributed by atoms with Crippen molar-refractivity contribution in [1.29, 1.82) is 0 Å². The van der Waals surface area contributed by atoms with Crippen molar-refractivity contribution in [2.45, 2.75) is 4.90 Å². The van der Waals surface area contributed by atoms with Crippen molar-refractivity contribution in [3.8, 4) is 23.0 Å². The largest absolute Gasteiger partial charge is 0.507 e. The summed E-state index contributed by atoms with van der Waals surface area (Å²) in [7, 11) is -7.31. The van der Waals surface area contributed by atoms with Gasteiger partial charge in [-0.15, -0.1) is 5.11 Å². The van der Waals surface area contributed by atoms with Crippen LogP contribution in [0, 0.1) is 0 Å². The number of nitrogens with zero attached hydrogens (tertiary/aromatic N) is 3. The molecule has 0 bridgehead atoms. The summed E-state index contributed by atoms with van der Waals surface area (Å²) in [6.45, 7) is 0.00622. The van der Waals surface area contributed by atoms with Gasteiger partial charge in [-0.3, -0.25) is 19.3 Å². The number of benzene rings is 3. The molecule has 1 aliphatic carbocycles. The monoisotopic (exact) mass is 648 g/mol. The van der Waals surface area contributed by atoms with Crippen molar-refractivity contribution in [3.05, 3.63) is 64.6 Å². The summed E-state index contributed by atoms with van der Waals surface area (Å²) < 4.78 is 82.6. The van der Waals surface area contributed by atoms with E-state index >= 15 is 0 Å². The van der Waals surface area contributed by atoms with E-state index in [-0.39, 0.29) is 36.1 Å². The number of hydrazone groups is 1. The first kappa shape index (κ1) is 32.0. The second kappa shape index (κ2) is 12.8.